The molecule has 0 aliphatic carbocycles. The fourth-order valence-corrected chi connectivity index (χ4v) is 3.66. The summed E-state index contributed by atoms with van der Waals surface area (Å²) in [6, 6.07) is 25.4. The van der Waals surface area contributed by atoms with Crippen LogP contribution in [0.15, 0.2) is 72.8 Å². The number of aryl methyl sites for hydroxylation is 3. The van der Waals surface area contributed by atoms with Crippen molar-refractivity contribution in [1.29, 1.82) is 0 Å². The number of halogens is 1. The second-order valence-electron chi connectivity index (χ2n) is 7.39. The highest BCUT2D eigenvalue weighted by molar-refractivity contribution is 6.35. The molecule has 0 radical (unpaired) electrons. The molecule has 0 fully saturated rings. The summed E-state index contributed by atoms with van der Waals surface area (Å²) in [5, 5.41) is 5.61. The molecular formula is C25H23ClN2. The second kappa shape index (κ2) is 7.65. The van der Waals surface area contributed by atoms with Crippen molar-refractivity contribution >= 4 is 11.6 Å². The van der Waals surface area contributed by atoms with Crippen LogP contribution in [0.2, 0.25) is 5.02 Å². The van der Waals surface area contributed by atoms with Crippen LogP contribution in [0.3, 0.4) is 0 Å². The lowest BCUT2D eigenvalue weighted by atomic mass is 10.1. The molecule has 28 heavy (non-hydrogen) atoms. The molecule has 1 aromatic heterocycles. The van der Waals surface area contributed by atoms with Gasteiger partial charge in [0.25, 0.3) is 0 Å². The highest BCUT2D eigenvalue weighted by Gasteiger charge is 2.19. The molecule has 0 spiro atoms. The van der Waals surface area contributed by atoms with Gasteiger partial charge in [-0.3, -0.25) is 4.68 Å². The molecule has 3 aromatic carbocycles. The van der Waals surface area contributed by atoms with E-state index in [9.17, 15) is 0 Å². The lowest BCUT2D eigenvalue weighted by molar-refractivity contribution is 0.697. The Morgan fingerprint density at radius 3 is 1.68 bits per heavy atom. The molecule has 140 valence electrons. The zero-order valence-corrected chi connectivity index (χ0v) is 17.2. The Morgan fingerprint density at radius 2 is 1.14 bits per heavy atom. The minimum Gasteiger partial charge on any atom is -0.258 e. The Balaban J connectivity index is 1.84. The number of aromatic nitrogens is 2. The molecule has 0 aliphatic heterocycles. The number of benzene rings is 3. The first-order valence-electron chi connectivity index (χ1n) is 9.47. The minimum absolute atomic E-state index is 0.676. The van der Waals surface area contributed by atoms with Gasteiger partial charge < -0.3 is 0 Å². The first kappa shape index (κ1) is 18.5. The smallest absolute Gasteiger partial charge is 0.112 e. The minimum atomic E-state index is 0.676. The van der Waals surface area contributed by atoms with Gasteiger partial charge in [0.15, 0.2) is 0 Å². The predicted octanol–water partition coefficient (Wildman–Crippen LogP) is 6.84. The lowest BCUT2D eigenvalue weighted by Crippen LogP contribution is -2.04. The molecule has 0 N–H and O–H groups in total. The van der Waals surface area contributed by atoms with E-state index >= 15 is 0 Å². The average molecular weight is 387 g/mol. The van der Waals surface area contributed by atoms with Gasteiger partial charge in [0.2, 0.25) is 0 Å². The Bertz CT molecular complexity index is 1090. The molecule has 0 saturated heterocycles. The fourth-order valence-electron chi connectivity index (χ4n) is 3.30. The molecule has 4 aromatic rings. The Morgan fingerprint density at radius 1 is 0.679 bits per heavy atom. The summed E-state index contributed by atoms with van der Waals surface area (Å²) in [5.41, 5.74) is 8.79. The van der Waals surface area contributed by atoms with Crippen molar-refractivity contribution in [3.63, 3.8) is 0 Å². The maximum absolute atomic E-state index is 6.89. The van der Waals surface area contributed by atoms with Gasteiger partial charge in [-0.1, -0.05) is 101 Å². The van der Waals surface area contributed by atoms with Crippen molar-refractivity contribution in [3.05, 3.63) is 100 Å². The number of hydrogen-bond donors (Lipinski definition) is 0. The van der Waals surface area contributed by atoms with Crippen molar-refractivity contribution < 1.29 is 0 Å². The van der Waals surface area contributed by atoms with E-state index in [4.69, 9.17) is 16.7 Å². The highest BCUT2D eigenvalue weighted by atomic mass is 35.5. The molecular weight excluding hydrogens is 364 g/mol. The molecule has 4 rings (SSSR count). The van der Waals surface area contributed by atoms with E-state index in [1.54, 1.807) is 0 Å². The van der Waals surface area contributed by atoms with Crippen LogP contribution < -0.4 is 0 Å². The average Bonchev–Trinajstić information content (AvgIpc) is 3.01. The van der Waals surface area contributed by atoms with Crippen molar-refractivity contribution in [2.75, 3.05) is 0 Å². The Hall–Kier alpha value is -2.84. The predicted molar refractivity (Wildman–Crippen MR) is 118 cm³/mol. The summed E-state index contributed by atoms with van der Waals surface area (Å²) in [7, 11) is 0. The molecule has 2 nitrogen and oxygen atoms in total. The summed E-state index contributed by atoms with van der Waals surface area (Å²) in [4.78, 5) is 0. The van der Waals surface area contributed by atoms with Gasteiger partial charge in [0, 0.05) is 11.1 Å². The third kappa shape index (κ3) is 3.74. The van der Waals surface area contributed by atoms with Gasteiger partial charge in [-0.2, -0.15) is 5.10 Å². The van der Waals surface area contributed by atoms with Crippen LogP contribution in [0.25, 0.3) is 22.5 Å². The molecule has 1 heterocycles. The number of hydrogen-bond acceptors (Lipinski definition) is 1. The first-order valence-corrected chi connectivity index (χ1v) is 9.85. The molecule has 0 unspecified atom stereocenters. The van der Waals surface area contributed by atoms with Crippen LogP contribution in [0, 0.1) is 20.8 Å². The number of rotatable bonds is 4. The summed E-state index contributed by atoms with van der Waals surface area (Å²) in [5.74, 6) is 0. The van der Waals surface area contributed by atoms with Gasteiger partial charge in [0.1, 0.15) is 5.69 Å². The number of nitrogens with zero attached hydrogens (tertiary/aromatic N) is 2. The van der Waals surface area contributed by atoms with E-state index in [1.165, 1.54) is 22.3 Å². The standard InChI is InChI=1S/C25H23ClN2/c1-17-4-10-20(11-5-17)16-28-25(22-14-8-19(3)9-15-22)23(26)24(27-28)21-12-6-18(2)7-13-21/h4-15H,16H2,1-3H3. The topological polar surface area (TPSA) is 17.8 Å². The van der Waals surface area contributed by atoms with Crippen LogP contribution in [-0.2, 0) is 6.54 Å². The zero-order chi connectivity index (χ0) is 19.7. The van der Waals surface area contributed by atoms with Crippen molar-refractivity contribution in [2.45, 2.75) is 27.3 Å². The van der Waals surface area contributed by atoms with Crippen LogP contribution in [0.4, 0.5) is 0 Å². The van der Waals surface area contributed by atoms with Gasteiger partial charge in [-0.15, -0.1) is 0 Å². The normalized spacial score (nSPS) is 11.0. The maximum atomic E-state index is 6.89. The van der Waals surface area contributed by atoms with E-state index in [2.05, 4.69) is 93.6 Å². The van der Waals surface area contributed by atoms with Crippen LogP contribution >= 0.6 is 11.6 Å². The monoisotopic (exact) mass is 386 g/mol. The Kier molecular flexibility index (Phi) is 5.06. The van der Waals surface area contributed by atoms with Gasteiger partial charge in [0.05, 0.1) is 17.3 Å². The fraction of sp³-hybridized carbons (Fsp3) is 0.160. The van der Waals surface area contributed by atoms with E-state index in [1.807, 2.05) is 4.68 Å². The largest absolute Gasteiger partial charge is 0.258 e. The third-order valence-electron chi connectivity index (χ3n) is 5.00. The second-order valence-corrected chi connectivity index (χ2v) is 7.76. The van der Waals surface area contributed by atoms with E-state index in [-0.39, 0.29) is 0 Å². The van der Waals surface area contributed by atoms with Gasteiger partial charge in [-0.05, 0) is 26.3 Å². The van der Waals surface area contributed by atoms with Crippen LogP contribution in [-0.4, -0.2) is 9.78 Å². The van der Waals surface area contributed by atoms with Crippen molar-refractivity contribution in [2.24, 2.45) is 0 Å². The van der Waals surface area contributed by atoms with Crippen LogP contribution in [0.1, 0.15) is 22.3 Å². The zero-order valence-electron chi connectivity index (χ0n) is 16.4. The first-order chi connectivity index (χ1) is 13.5. The summed E-state index contributed by atoms with van der Waals surface area (Å²) in [6.45, 7) is 6.95. The van der Waals surface area contributed by atoms with E-state index < -0.39 is 0 Å². The van der Waals surface area contributed by atoms with E-state index in [0.29, 0.717) is 11.6 Å². The molecule has 0 atom stereocenters. The molecule has 0 amide bonds. The highest BCUT2D eigenvalue weighted by Crippen LogP contribution is 2.37. The van der Waals surface area contributed by atoms with Gasteiger partial charge >= 0.3 is 0 Å². The molecule has 0 bridgehead atoms. The molecule has 0 saturated carbocycles. The Labute approximate surface area is 171 Å². The van der Waals surface area contributed by atoms with Crippen molar-refractivity contribution in [1.82, 2.24) is 9.78 Å². The van der Waals surface area contributed by atoms with Crippen molar-refractivity contribution in [3.8, 4) is 22.5 Å². The lowest BCUT2D eigenvalue weighted by Gasteiger charge is -2.09. The summed E-state index contributed by atoms with van der Waals surface area (Å²) < 4.78 is 2.02. The summed E-state index contributed by atoms with van der Waals surface area (Å²) in [6.07, 6.45) is 0. The SMILES string of the molecule is Cc1ccc(Cn2nc(-c3ccc(C)cc3)c(Cl)c2-c2ccc(C)cc2)cc1. The van der Waals surface area contributed by atoms with Crippen LogP contribution in [0.5, 0.6) is 0 Å². The summed E-state index contributed by atoms with van der Waals surface area (Å²) >= 11 is 6.89. The van der Waals surface area contributed by atoms with Gasteiger partial charge in [-0.25, -0.2) is 0 Å². The van der Waals surface area contributed by atoms with E-state index in [0.717, 1.165) is 22.5 Å². The maximum Gasteiger partial charge on any atom is 0.112 e. The quantitative estimate of drug-likeness (QED) is 0.375. The molecule has 0 aliphatic rings. The third-order valence-corrected chi connectivity index (χ3v) is 5.36. The molecule has 3 heteroatoms.